The maximum absolute atomic E-state index is 11.6. The average Bonchev–Trinajstić information content (AvgIpc) is 2.18. The summed E-state index contributed by atoms with van der Waals surface area (Å²) in [6, 6.07) is 3.30. The summed E-state index contributed by atoms with van der Waals surface area (Å²) in [5.74, 6) is -0.455. The molecular formula is C13H18N2O4. The molecule has 0 unspecified atom stereocenters. The predicted octanol–water partition coefficient (Wildman–Crippen LogP) is 2.66. The zero-order valence-corrected chi connectivity index (χ0v) is 11.7. The van der Waals surface area contributed by atoms with Gasteiger partial charge in [-0.3, -0.25) is 10.1 Å². The van der Waals surface area contributed by atoms with Crippen LogP contribution in [0.1, 0.15) is 33.4 Å². The number of carbonyl (C=O) groups excluding carboxylic acids is 2. The Morgan fingerprint density at radius 2 is 1.89 bits per heavy atom. The van der Waals surface area contributed by atoms with Crippen LogP contribution in [0.2, 0.25) is 0 Å². The van der Waals surface area contributed by atoms with Gasteiger partial charge in [0.15, 0.2) is 0 Å². The van der Waals surface area contributed by atoms with Gasteiger partial charge in [0, 0.05) is 12.6 Å². The first kappa shape index (κ1) is 14.9. The fourth-order valence-corrected chi connectivity index (χ4v) is 1.26. The highest BCUT2D eigenvalue weighted by Crippen LogP contribution is 2.23. The molecule has 0 spiro atoms. The highest BCUT2D eigenvalue weighted by molar-refractivity contribution is 5.87. The molecule has 0 atom stereocenters. The van der Waals surface area contributed by atoms with Crippen LogP contribution in [0.5, 0.6) is 5.88 Å². The van der Waals surface area contributed by atoms with Crippen molar-refractivity contribution in [3.05, 3.63) is 17.8 Å². The molecule has 1 amide bonds. The van der Waals surface area contributed by atoms with E-state index in [-0.39, 0.29) is 11.6 Å². The molecule has 0 aliphatic rings. The van der Waals surface area contributed by atoms with Crippen LogP contribution in [0.15, 0.2) is 12.1 Å². The number of amides is 1. The molecule has 6 nitrogen and oxygen atoms in total. The summed E-state index contributed by atoms with van der Waals surface area (Å²) in [5.41, 5.74) is 0.352. The Morgan fingerprint density at radius 3 is 2.42 bits per heavy atom. The first-order chi connectivity index (χ1) is 8.67. The molecule has 6 heteroatoms. The molecule has 1 aromatic rings. The van der Waals surface area contributed by atoms with Gasteiger partial charge >= 0.3 is 12.1 Å². The van der Waals surface area contributed by atoms with Crippen molar-refractivity contribution in [3.8, 4) is 5.88 Å². The van der Waals surface area contributed by atoms with Crippen LogP contribution < -0.4 is 10.1 Å². The van der Waals surface area contributed by atoms with E-state index in [1.54, 1.807) is 39.8 Å². The molecule has 0 saturated carbocycles. The Kier molecular flexibility index (Phi) is 4.47. The number of nitrogens with one attached hydrogen (secondary N) is 1. The lowest BCUT2D eigenvalue weighted by molar-refractivity contribution is -0.132. The molecule has 104 valence electrons. The van der Waals surface area contributed by atoms with Crippen molar-refractivity contribution in [2.75, 3.05) is 5.32 Å². The van der Waals surface area contributed by atoms with Crippen molar-refractivity contribution in [3.63, 3.8) is 0 Å². The summed E-state index contributed by atoms with van der Waals surface area (Å²) in [7, 11) is 0. The van der Waals surface area contributed by atoms with Gasteiger partial charge in [-0.1, -0.05) is 0 Å². The monoisotopic (exact) mass is 266 g/mol. The Bertz CT molecular complexity index is 492. The molecule has 0 radical (unpaired) electrons. The van der Waals surface area contributed by atoms with E-state index in [0.29, 0.717) is 5.69 Å². The summed E-state index contributed by atoms with van der Waals surface area (Å²) in [6.45, 7) is 8.29. The fraction of sp³-hybridized carbons (Fsp3) is 0.462. The molecule has 0 saturated heterocycles. The SMILES string of the molecule is CC(=O)Oc1nc(C)ccc1NC(=O)OC(C)(C)C. The van der Waals surface area contributed by atoms with E-state index in [2.05, 4.69) is 10.3 Å². The standard InChI is InChI=1S/C13H18N2O4/c1-8-6-7-10(11(14-8)18-9(2)16)15-12(17)19-13(3,4)5/h6-7H,1-5H3,(H,15,17). The second-order valence-electron chi connectivity index (χ2n) is 5.03. The minimum Gasteiger partial charge on any atom is -0.444 e. The maximum atomic E-state index is 11.6. The molecule has 1 rings (SSSR count). The topological polar surface area (TPSA) is 77.5 Å². The summed E-state index contributed by atoms with van der Waals surface area (Å²) >= 11 is 0. The van der Waals surface area contributed by atoms with Gasteiger partial charge in [-0.05, 0) is 39.8 Å². The number of anilines is 1. The zero-order chi connectivity index (χ0) is 14.6. The molecule has 19 heavy (non-hydrogen) atoms. The van der Waals surface area contributed by atoms with Crippen LogP contribution in [-0.2, 0) is 9.53 Å². The lowest BCUT2D eigenvalue weighted by atomic mass is 10.2. The van der Waals surface area contributed by atoms with E-state index in [1.165, 1.54) is 6.92 Å². The first-order valence-electron chi connectivity index (χ1n) is 5.83. The van der Waals surface area contributed by atoms with Crippen LogP contribution in [0.4, 0.5) is 10.5 Å². The van der Waals surface area contributed by atoms with Crippen molar-refractivity contribution in [2.24, 2.45) is 0 Å². The summed E-state index contributed by atoms with van der Waals surface area (Å²) in [5, 5.41) is 2.50. The van der Waals surface area contributed by atoms with Gasteiger partial charge in [0.05, 0.1) is 0 Å². The molecule has 1 N–H and O–H groups in total. The van der Waals surface area contributed by atoms with E-state index in [9.17, 15) is 9.59 Å². The Balaban J connectivity index is 2.88. The van der Waals surface area contributed by atoms with Crippen molar-refractivity contribution in [2.45, 2.75) is 40.2 Å². The second kappa shape index (κ2) is 5.69. The number of aromatic nitrogens is 1. The second-order valence-corrected chi connectivity index (χ2v) is 5.03. The Hall–Kier alpha value is -2.11. The fourth-order valence-electron chi connectivity index (χ4n) is 1.26. The zero-order valence-electron chi connectivity index (χ0n) is 11.7. The van der Waals surface area contributed by atoms with E-state index in [0.717, 1.165) is 0 Å². The third-order valence-electron chi connectivity index (χ3n) is 1.88. The number of aryl methyl sites for hydroxylation is 1. The number of ether oxygens (including phenoxy) is 2. The molecule has 1 heterocycles. The van der Waals surface area contributed by atoms with Crippen molar-refractivity contribution in [1.29, 1.82) is 0 Å². The van der Waals surface area contributed by atoms with Gasteiger partial charge in [-0.2, -0.15) is 0 Å². The lowest BCUT2D eigenvalue weighted by Gasteiger charge is -2.20. The van der Waals surface area contributed by atoms with Crippen LogP contribution in [0.3, 0.4) is 0 Å². The van der Waals surface area contributed by atoms with E-state index in [4.69, 9.17) is 9.47 Å². The molecule has 1 aromatic heterocycles. The highest BCUT2D eigenvalue weighted by atomic mass is 16.6. The smallest absolute Gasteiger partial charge is 0.412 e. The summed E-state index contributed by atoms with van der Waals surface area (Å²) in [4.78, 5) is 26.7. The quantitative estimate of drug-likeness (QED) is 0.833. The number of esters is 1. The maximum Gasteiger partial charge on any atom is 0.412 e. The number of hydrogen-bond donors (Lipinski definition) is 1. The third kappa shape index (κ3) is 5.37. The van der Waals surface area contributed by atoms with Gasteiger partial charge in [0.25, 0.3) is 0 Å². The Labute approximate surface area is 112 Å². The third-order valence-corrected chi connectivity index (χ3v) is 1.88. The molecule has 0 aliphatic carbocycles. The van der Waals surface area contributed by atoms with Crippen LogP contribution >= 0.6 is 0 Å². The van der Waals surface area contributed by atoms with Gasteiger partial charge in [0.2, 0.25) is 5.88 Å². The molecule has 0 bridgehead atoms. The summed E-state index contributed by atoms with van der Waals surface area (Å²) < 4.78 is 10.1. The number of rotatable bonds is 2. The van der Waals surface area contributed by atoms with Crippen molar-refractivity contribution in [1.82, 2.24) is 4.98 Å². The number of carbonyl (C=O) groups is 2. The van der Waals surface area contributed by atoms with Gasteiger partial charge in [0.1, 0.15) is 11.3 Å². The minimum atomic E-state index is -0.633. The van der Waals surface area contributed by atoms with Crippen LogP contribution in [-0.4, -0.2) is 22.6 Å². The van der Waals surface area contributed by atoms with Gasteiger partial charge < -0.3 is 9.47 Å². The minimum absolute atomic E-state index is 0.0540. The lowest BCUT2D eigenvalue weighted by Crippen LogP contribution is -2.27. The molecular weight excluding hydrogens is 248 g/mol. The van der Waals surface area contributed by atoms with Gasteiger partial charge in [-0.25, -0.2) is 9.78 Å². The van der Waals surface area contributed by atoms with Crippen molar-refractivity contribution < 1.29 is 19.1 Å². The first-order valence-corrected chi connectivity index (χ1v) is 5.83. The van der Waals surface area contributed by atoms with E-state index in [1.807, 2.05) is 0 Å². The Morgan fingerprint density at radius 1 is 1.26 bits per heavy atom. The number of nitrogens with zero attached hydrogens (tertiary/aromatic N) is 1. The highest BCUT2D eigenvalue weighted by Gasteiger charge is 2.18. The normalized spacial score (nSPS) is 10.8. The number of hydrogen-bond acceptors (Lipinski definition) is 5. The molecule has 0 fully saturated rings. The van der Waals surface area contributed by atoms with Crippen LogP contribution in [0, 0.1) is 6.92 Å². The van der Waals surface area contributed by atoms with E-state index < -0.39 is 17.7 Å². The largest absolute Gasteiger partial charge is 0.444 e. The number of pyridine rings is 1. The molecule has 0 aromatic carbocycles. The van der Waals surface area contributed by atoms with Crippen LogP contribution in [0.25, 0.3) is 0 Å². The van der Waals surface area contributed by atoms with Crippen molar-refractivity contribution >= 4 is 17.7 Å². The molecule has 0 aliphatic heterocycles. The van der Waals surface area contributed by atoms with Gasteiger partial charge in [-0.15, -0.1) is 0 Å². The summed E-state index contributed by atoms with van der Waals surface area (Å²) in [6.07, 6.45) is -0.633. The predicted molar refractivity (Wildman–Crippen MR) is 70.1 cm³/mol. The average molecular weight is 266 g/mol. The van der Waals surface area contributed by atoms with E-state index >= 15 is 0 Å².